The first kappa shape index (κ1) is 14.3. The summed E-state index contributed by atoms with van der Waals surface area (Å²) >= 11 is 0. The van der Waals surface area contributed by atoms with E-state index in [1.165, 1.54) is 0 Å². The molecule has 2 N–H and O–H groups in total. The fraction of sp³-hybridized carbons (Fsp3) is 0.400. The Kier molecular flexibility index (Phi) is 5.96. The molecule has 0 aliphatic carbocycles. The minimum absolute atomic E-state index is 0.0316. The summed E-state index contributed by atoms with van der Waals surface area (Å²) in [5.41, 5.74) is 1.67. The van der Waals surface area contributed by atoms with Gasteiger partial charge in [0.05, 0.1) is 6.61 Å². The van der Waals surface area contributed by atoms with Crippen LogP contribution in [0.15, 0.2) is 24.3 Å². The topological polar surface area (TPSA) is 49.3 Å². The van der Waals surface area contributed by atoms with Crippen molar-refractivity contribution in [2.45, 2.75) is 26.7 Å². The van der Waals surface area contributed by atoms with Crippen molar-refractivity contribution in [1.82, 2.24) is 0 Å². The molecule has 96 valence electrons. The lowest BCUT2D eigenvalue weighted by Gasteiger charge is -2.06. The summed E-state index contributed by atoms with van der Waals surface area (Å²) in [6.45, 7) is 4.11. The quantitative estimate of drug-likeness (QED) is 0.800. The van der Waals surface area contributed by atoms with E-state index < -0.39 is 0 Å². The Morgan fingerprint density at radius 2 is 2.00 bits per heavy atom. The molecular weight excluding hydrogens is 226 g/mol. The number of rotatable bonds is 4. The average molecular weight is 245 g/mol. The van der Waals surface area contributed by atoms with Gasteiger partial charge < -0.3 is 10.4 Å². The fourth-order valence-corrected chi connectivity index (χ4v) is 1.44. The zero-order valence-electron chi connectivity index (χ0n) is 10.9. The van der Waals surface area contributed by atoms with Crippen molar-refractivity contribution in [3.8, 4) is 11.8 Å². The van der Waals surface area contributed by atoms with Crippen molar-refractivity contribution in [3.05, 3.63) is 29.8 Å². The van der Waals surface area contributed by atoms with Gasteiger partial charge in [0.25, 0.3) is 0 Å². The molecule has 3 heteroatoms. The second-order valence-electron chi connectivity index (χ2n) is 4.50. The van der Waals surface area contributed by atoms with Crippen LogP contribution in [0.2, 0.25) is 0 Å². The van der Waals surface area contributed by atoms with Crippen molar-refractivity contribution >= 4 is 11.6 Å². The molecule has 0 bridgehead atoms. The van der Waals surface area contributed by atoms with Crippen LogP contribution in [0.5, 0.6) is 0 Å². The normalized spacial score (nSPS) is 9.78. The van der Waals surface area contributed by atoms with E-state index >= 15 is 0 Å². The fourth-order valence-electron chi connectivity index (χ4n) is 1.44. The maximum atomic E-state index is 11.6. The number of aliphatic hydroxyl groups is 1. The lowest BCUT2D eigenvalue weighted by Crippen LogP contribution is -2.13. The zero-order chi connectivity index (χ0) is 13.4. The predicted molar refractivity (Wildman–Crippen MR) is 73.1 cm³/mol. The molecular formula is C15H19NO2. The summed E-state index contributed by atoms with van der Waals surface area (Å²) in [5.74, 6) is 6.17. The molecule has 0 aromatic heterocycles. The van der Waals surface area contributed by atoms with Crippen LogP contribution in [0.4, 0.5) is 5.69 Å². The van der Waals surface area contributed by atoms with Crippen LogP contribution < -0.4 is 5.32 Å². The van der Waals surface area contributed by atoms with Gasteiger partial charge in [-0.2, -0.15) is 0 Å². The van der Waals surface area contributed by atoms with Gasteiger partial charge in [0.1, 0.15) is 0 Å². The van der Waals surface area contributed by atoms with Gasteiger partial charge in [-0.3, -0.25) is 4.79 Å². The van der Waals surface area contributed by atoms with Crippen LogP contribution in [0.25, 0.3) is 0 Å². The molecule has 1 aromatic carbocycles. The van der Waals surface area contributed by atoms with Crippen molar-refractivity contribution in [2.24, 2.45) is 5.92 Å². The number of hydrogen-bond donors (Lipinski definition) is 2. The highest BCUT2D eigenvalue weighted by Gasteiger charge is 2.04. The van der Waals surface area contributed by atoms with Gasteiger partial charge in [-0.05, 0) is 30.2 Å². The second kappa shape index (κ2) is 7.52. The summed E-state index contributed by atoms with van der Waals surface area (Å²) in [6, 6.07) is 7.38. The first-order valence-electron chi connectivity index (χ1n) is 6.11. The monoisotopic (exact) mass is 245 g/mol. The van der Waals surface area contributed by atoms with Crippen LogP contribution in [0.3, 0.4) is 0 Å². The highest BCUT2D eigenvalue weighted by molar-refractivity contribution is 5.90. The third-order valence-electron chi connectivity index (χ3n) is 2.23. The second-order valence-corrected chi connectivity index (χ2v) is 4.50. The molecule has 1 aromatic rings. The molecule has 0 saturated heterocycles. The van der Waals surface area contributed by atoms with Gasteiger partial charge in [0.15, 0.2) is 0 Å². The van der Waals surface area contributed by atoms with E-state index in [-0.39, 0.29) is 12.5 Å². The number of nitrogens with one attached hydrogen (secondary N) is 1. The first-order valence-corrected chi connectivity index (χ1v) is 6.11. The summed E-state index contributed by atoms with van der Waals surface area (Å²) in [7, 11) is 0. The van der Waals surface area contributed by atoms with Crippen LogP contribution in [-0.2, 0) is 4.79 Å². The smallest absolute Gasteiger partial charge is 0.224 e. The minimum Gasteiger partial charge on any atom is -0.395 e. The molecule has 1 rings (SSSR count). The highest BCUT2D eigenvalue weighted by Crippen LogP contribution is 2.10. The van der Waals surface area contributed by atoms with Gasteiger partial charge in [0, 0.05) is 24.1 Å². The van der Waals surface area contributed by atoms with E-state index in [1.54, 1.807) is 0 Å². The number of amides is 1. The summed E-state index contributed by atoms with van der Waals surface area (Å²) in [6.07, 6.45) is 1.00. The number of hydrogen-bond acceptors (Lipinski definition) is 2. The van der Waals surface area contributed by atoms with Crippen molar-refractivity contribution in [1.29, 1.82) is 0 Å². The van der Waals surface area contributed by atoms with Gasteiger partial charge in [0.2, 0.25) is 5.91 Å². The number of benzene rings is 1. The largest absolute Gasteiger partial charge is 0.395 e. The van der Waals surface area contributed by atoms with Gasteiger partial charge in [-0.1, -0.05) is 25.7 Å². The minimum atomic E-state index is 0.0316. The van der Waals surface area contributed by atoms with Crippen molar-refractivity contribution < 1.29 is 9.90 Å². The number of aliphatic hydroxyl groups excluding tert-OH is 1. The van der Waals surface area contributed by atoms with Crippen LogP contribution in [0, 0.1) is 17.8 Å². The predicted octanol–water partition coefficient (Wildman–Crippen LogP) is 2.41. The zero-order valence-corrected chi connectivity index (χ0v) is 10.9. The lowest BCUT2D eigenvalue weighted by atomic mass is 10.1. The molecule has 0 fully saturated rings. The summed E-state index contributed by atoms with van der Waals surface area (Å²) in [4.78, 5) is 11.6. The molecule has 0 aliphatic rings. The van der Waals surface area contributed by atoms with Crippen LogP contribution in [0.1, 0.15) is 32.3 Å². The van der Waals surface area contributed by atoms with E-state index in [2.05, 4.69) is 17.2 Å². The van der Waals surface area contributed by atoms with Gasteiger partial charge >= 0.3 is 0 Å². The Morgan fingerprint density at radius 1 is 1.33 bits per heavy atom. The standard InChI is InChI=1S/C15H19NO2/c1-12(2)11-15(18)16-14-8-6-13(7-9-14)5-3-4-10-17/h6-9,12,17H,4,10-11H2,1-2H3,(H,16,18). The Morgan fingerprint density at radius 3 is 2.56 bits per heavy atom. The molecule has 0 unspecified atom stereocenters. The van der Waals surface area contributed by atoms with Gasteiger partial charge in [-0.25, -0.2) is 0 Å². The molecule has 0 aliphatic heterocycles. The number of anilines is 1. The molecule has 0 saturated carbocycles. The Labute approximate surface area is 108 Å². The number of carbonyl (C=O) groups is 1. The van der Waals surface area contributed by atoms with E-state index in [1.807, 2.05) is 38.1 Å². The Balaban J connectivity index is 2.56. The van der Waals surface area contributed by atoms with Crippen molar-refractivity contribution in [2.75, 3.05) is 11.9 Å². The lowest BCUT2D eigenvalue weighted by molar-refractivity contribution is -0.116. The first-order chi connectivity index (χ1) is 8.61. The number of carbonyl (C=O) groups excluding carboxylic acids is 1. The Hall–Kier alpha value is -1.79. The highest BCUT2D eigenvalue weighted by atomic mass is 16.2. The average Bonchev–Trinajstić information content (AvgIpc) is 2.30. The third-order valence-corrected chi connectivity index (χ3v) is 2.23. The van der Waals surface area contributed by atoms with Gasteiger partial charge in [-0.15, -0.1) is 0 Å². The molecule has 3 nitrogen and oxygen atoms in total. The maximum Gasteiger partial charge on any atom is 0.224 e. The van der Waals surface area contributed by atoms with Crippen molar-refractivity contribution in [3.63, 3.8) is 0 Å². The molecule has 18 heavy (non-hydrogen) atoms. The van der Waals surface area contributed by atoms with Crippen LogP contribution in [-0.4, -0.2) is 17.6 Å². The maximum absolute atomic E-state index is 11.6. The van der Waals surface area contributed by atoms with E-state index in [0.29, 0.717) is 18.8 Å². The molecule has 0 spiro atoms. The molecule has 0 heterocycles. The molecule has 1 amide bonds. The molecule has 0 radical (unpaired) electrons. The van der Waals surface area contributed by atoms with E-state index in [9.17, 15) is 4.79 Å². The summed E-state index contributed by atoms with van der Waals surface area (Å²) < 4.78 is 0. The van der Waals surface area contributed by atoms with E-state index in [0.717, 1.165) is 11.3 Å². The van der Waals surface area contributed by atoms with Crippen LogP contribution >= 0.6 is 0 Å². The third kappa shape index (κ3) is 5.51. The SMILES string of the molecule is CC(C)CC(=O)Nc1ccc(C#CCCO)cc1. The molecule has 0 atom stereocenters. The summed E-state index contributed by atoms with van der Waals surface area (Å²) in [5, 5.41) is 11.5. The van der Waals surface area contributed by atoms with E-state index in [4.69, 9.17) is 5.11 Å². The Bertz CT molecular complexity index is 438.